The van der Waals surface area contributed by atoms with Gasteiger partial charge in [-0.3, -0.25) is 14.1 Å². The highest BCUT2D eigenvalue weighted by Gasteiger charge is 2.19. The molecule has 0 saturated heterocycles. The Labute approximate surface area is 118 Å². The second-order valence-electron chi connectivity index (χ2n) is 4.15. The summed E-state index contributed by atoms with van der Waals surface area (Å²) >= 11 is 0. The lowest BCUT2D eigenvalue weighted by Gasteiger charge is -2.25. The van der Waals surface area contributed by atoms with Gasteiger partial charge < -0.3 is 28.0 Å². The Morgan fingerprint density at radius 2 is 1.94 bits per heavy atom. The van der Waals surface area contributed by atoms with E-state index in [0.29, 0.717) is 6.54 Å². The van der Waals surface area contributed by atoms with Crippen LogP contribution in [0, 0.1) is 0 Å². The molecule has 6 nitrogen and oxygen atoms in total. The molecule has 110 valence electrons. The molecule has 0 bridgehead atoms. The monoisotopic (exact) mass is 308 g/mol. The summed E-state index contributed by atoms with van der Waals surface area (Å²) < 4.78 is 17.2. The first-order chi connectivity index (χ1) is 7.28. The summed E-state index contributed by atoms with van der Waals surface area (Å²) in [5, 5.41) is 8.44. The maximum Gasteiger partial charge on any atom is 0.321 e. The van der Waals surface area contributed by atoms with Crippen LogP contribution in [0.25, 0.3) is 0 Å². The van der Waals surface area contributed by atoms with E-state index in [1.165, 1.54) is 0 Å². The predicted molar refractivity (Wildman–Crippen MR) is 61.4 cm³/mol. The number of halogens is 3. The first-order valence-electron chi connectivity index (χ1n) is 4.80. The normalized spacial score (nSPS) is 11.8. The summed E-state index contributed by atoms with van der Waals surface area (Å²) in [6.07, 6.45) is -0.377. The number of nitrogens with zero attached hydrogens (tertiary/aromatic N) is 1. The number of hydrogen-bond acceptors (Lipinski definition) is 4. The Bertz CT molecular complexity index is 267. The molecule has 0 aromatic carbocycles. The molecule has 0 radical (unpaired) electrons. The zero-order chi connectivity index (χ0) is 12.8. The molecule has 0 fully saturated rings. The maximum absolute atomic E-state index is 12.3. The quantitative estimate of drug-likeness (QED) is 0.293. The minimum absolute atomic E-state index is 0. The average molecular weight is 309 g/mol. The number of nitrogens with two attached hydrogens (primary N) is 1. The van der Waals surface area contributed by atoms with Crippen LogP contribution >= 0.6 is 12.4 Å². The van der Waals surface area contributed by atoms with E-state index < -0.39 is 24.8 Å². The Morgan fingerprint density at radius 3 is 2.33 bits per heavy atom. The first-order valence-corrected chi connectivity index (χ1v) is 4.80. The van der Waals surface area contributed by atoms with Gasteiger partial charge in [-0.15, -0.1) is 12.4 Å². The Kier molecular flexibility index (Phi) is 12.9. The number of aliphatic carboxylic acids is 1. The summed E-state index contributed by atoms with van der Waals surface area (Å²) in [5.74, 6) is -1.94. The van der Waals surface area contributed by atoms with Crippen molar-refractivity contribution in [1.82, 2.24) is 0 Å². The van der Waals surface area contributed by atoms with Crippen molar-refractivity contribution in [2.24, 2.45) is 5.73 Å². The number of rotatable bonds is 7. The highest BCUT2D eigenvalue weighted by atomic mass is 35.5. The van der Waals surface area contributed by atoms with Gasteiger partial charge in [0.1, 0.15) is 19.2 Å². The third-order valence-corrected chi connectivity index (χ3v) is 1.99. The zero-order valence-corrected chi connectivity index (χ0v) is 11.8. The van der Waals surface area contributed by atoms with E-state index in [0.717, 1.165) is 0 Å². The minimum atomic E-state index is -1.25. The molecule has 0 aliphatic heterocycles. The van der Waals surface area contributed by atoms with Crippen molar-refractivity contribution in [1.29, 1.82) is 0 Å². The van der Waals surface area contributed by atoms with Crippen molar-refractivity contribution in [3.8, 4) is 0 Å². The van der Waals surface area contributed by atoms with Crippen molar-refractivity contribution in [3.05, 3.63) is 0 Å². The lowest BCUT2D eigenvalue weighted by molar-refractivity contribution is -0.902. The topological polar surface area (TPSA) is 89.6 Å². The molecule has 3 N–H and O–H groups in total. The van der Waals surface area contributed by atoms with Gasteiger partial charge in [0, 0.05) is 0 Å². The van der Waals surface area contributed by atoms with E-state index in [9.17, 15) is 14.0 Å². The second-order valence-corrected chi connectivity index (χ2v) is 4.15. The second kappa shape index (κ2) is 10.3. The summed E-state index contributed by atoms with van der Waals surface area (Å²) in [6.45, 7) is -0.196. The third kappa shape index (κ3) is 10.5. The fraction of sp³-hybridized carbons (Fsp3) is 0.778. The van der Waals surface area contributed by atoms with Gasteiger partial charge in [0.05, 0.1) is 20.5 Å². The number of hydrogen-bond donors (Lipinski definition) is 2. The molecule has 0 aliphatic carbocycles. The first kappa shape index (κ1) is 22.5. The van der Waals surface area contributed by atoms with Gasteiger partial charge in [0.25, 0.3) is 0 Å². The van der Waals surface area contributed by atoms with Crippen LogP contribution in [0.5, 0.6) is 0 Å². The van der Waals surface area contributed by atoms with E-state index in [1.54, 1.807) is 14.1 Å². The van der Waals surface area contributed by atoms with Crippen LogP contribution in [-0.4, -0.2) is 61.6 Å². The number of likely N-dealkylation sites (N-methyl/N-ethyl adjacent to an activating group) is 1. The van der Waals surface area contributed by atoms with Crippen LogP contribution < -0.4 is 18.1 Å². The van der Waals surface area contributed by atoms with E-state index in [2.05, 4.69) is 0 Å². The zero-order valence-electron chi connectivity index (χ0n) is 10.3. The number of quaternary nitrogens is 1. The number of alkyl halides is 1. The molecule has 1 atom stereocenters. The van der Waals surface area contributed by atoms with Crippen molar-refractivity contribution in [2.45, 2.75) is 12.5 Å². The Balaban J connectivity index is -0.00000112. The fourth-order valence-corrected chi connectivity index (χ4v) is 0.792. The number of carbonyl (C=O) groups excluding carboxylic acids is 1. The standard InChI is InChI=1S/C9H17FN2O4.2ClH/c1-12(2,6-10)3-4-16-8(13)5-7(11)9(14)15;;/h7H,3-6,11H2,1-2H3;2*1H. The molecule has 1 unspecified atom stereocenters. The lowest BCUT2D eigenvalue weighted by atomic mass is 10.2. The van der Waals surface area contributed by atoms with Crippen LogP contribution in [0.2, 0.25) is 0 Å². The molecular weight excluding hydrogens is 290 g/mol. The van der Waals surface area contributed by atoms with Gasteiger partial charge in [-0.2, -0.15) is 4.39 Å². The molecule has 0 heterocycles. The number of esters is 1. The van der Waals surface area contributed by atoms with Gasteiger partial charge >= 0.3 is 11.9 Å². The number of carboxylic acid groups (broad SMARTS) is 1. The lowest BCUT2D eigenvalue weighted by Crippen LogP contribution is -3.00. The van der Waals surface area contributed by atoms with E-state index in [1.807, 2.05) is 0 Å². The van der Waals surface area contributed by atoms with Crippen LogP contribution in [0.4, 0.5) is 4.39 Å². The summed E-state index contributed by atoms with van der Waals surface area (Å²) in [4.78, 5) is 21.4. The van der Waals surface area contributed by atoms with Gasteiger partial charge in [-0.1, -0.05) is 0 Å². The molecule has 0 aromatic heterocycles. The molecule has 9 heteroatoms. The van der Waals surface area contributed by atoms with Crippen molar-refractivity contribution >= 4 is 24.3 Å². The third-order valence-electron chi connectivity index (χ3n) is 1.99. The van der Waals surface area contributed by atoms with E-state index in [4.69, 9.17) is 15.6 Å². The van der Waals surface area contributed by atoms with E-state index >= 15 is 0 Å². The molecule has 0 rings (SSSR count). The van der Waals surface area contributed by atoms with Gasteiger partial charge in [0.2, 0.25) is 6.80 Å². The number of carbonyl (C=O) groups is 2. The van der Waals surface area contributed by atoms with Gasteiger partial charge in [-0.05, 0) is 0 Å². The summed E-state index contributed by atoms with van der Waals surface area (Å²) in [7, 11) is 3.30. The Morgan fingerprint density at radius 1 is 1.44 bits per heavy atom. The highest BCUT2D eigenvalue weighted by molar-refractivity contribution is 5.85. The Hall–Kier alpha value is -0.630. The van der Waals surface area contributed by atoms with Crippen molar-refractivity contribution in [2.75, 3.05) is 34.0 Å². The SMILES string of the molecule is C[N+](C)(CF)CCOC(=O)CC(N)C(=O)O.Cl.[Cl-]. The smallest absolute Gasteiger partial charge is 0.321 e. The number of carboxylic acids is 1. The average Bonchev–Trinajstić information content (AvgIpc) is 2.17. The van der Waals surface area contributed by atoms with Gasteiger partial charge in [0.15, 0.2) is 0 Å². The van der Waals surface area contributed by atoms with Crippen LogP contribution in [-0.2, 0) is 14.3 Å². The van der Waals surface area contributed by atoms with Crippen LogP contribution in [0.1, 0.15) is 6.42 Å². The van der Waals surface area contributed by atoms with Crippen molar-refractivity contribution < 1.29 is 40.7 Å². The predicted octanol–water partition coefficient (Wildman–Crippen LogP) is -3.24. The number of ether oxygens (including phenoxy) is 1. The molecule has 0 amide bonds. The molecule has 0 spiro atoms. The molecular formula is C9H19Cl2FN2O4. The molecule has 18 heavy (non-hydrogen) atoms. The molecule has 0 aliphatic rings. The highest BCUT2D eigenvalue weighted by Crippen LogP contribution is 1.98. The fourth-order valence-electron chi connectivity index (χ4n) is 0.792. The van der Waals surface area contributed by atoms with Gasteiger partial charge in [-0.25, -0.2) is 0 Å². The summed E-state index contributed by atoms with van der Waals surface area (Å²) in [6, 6.07) is -1.25. The summed E-state index contributed by atoms with van der Waals surface area (Å²) in [5.41, 5.74) is 5.14. The molecule has 0 saturated carbocycles. The largest absolute Gasteiger partial charge is 1.00 e. The van der Waals surface area contributed by atoms with E-state index in [-0.39, 0.29) is 42.3 Å². The van der Waals surface area contributed by atoms with Crippen molar-refractivity contribution in [3.63, 3.8) is 0 Å². The van der Waals surface area contributed by atoms with Crippen LogP contribution in [0.15, 0.2) is 0 Å². The minimum Gasteiger partial charge on any atom is -1.00 e. The maximum atomic E-state index is 12.3. The van der Waals surface area contributed by atoms with Crippen LogP contribution in [0.3, 0.4) is 0 Å². The molecule has 0 aromatic rings.